The van der Waals surface area contributed by atoms with Crippen molar-refractivity contribution >= 4 is 5.97 Å². The maximum Gasteiger partial charge on any atom is 0.307 e. The van der Waals surface area contributed by atoms with E-state index in [0.29, 0.717) is 18.5 Å². The Labute approximate surface area is 91.7 Å². The van der Waals surface area contributed by atoms with Gasteiger partial charge in [0.25, 0.3) is 0 Å². The number of hydrogen-bond acceptors (Lipinski definition) is 3. The number of halogens is 1. The molecule has 86 valence electrons. The van der Waals surface area contributed by atoms with Gasteiger partial charge >= 0.3 is 5.97 Å². The summed E-state index contributed by atoms with van der Waals surface area (Å²) in [4.78, 5) is 10.8. The minimum absolute atomic E-state index is 0.00932. The van der Waals surface area contributed by atoms with Crippen LogP contribution in [0.1, 0.15) is 18.0 Å². The summed E-state index contributed by atoms with van der Waals surface area (Å²) >= 11 is 0. The van der Waals surface area contributed by atoms with Gasteiger partial charge in [-0.3, -0.25) is 4.79 Å². The lowest BCUT2D eigenvalue weighted by molar-refractivity contribution is -0.141. The van der Waals surface area contributed by atoms with Crippen LogP contribution in [0.5, 0.6) is 5.75 Å². The highest BCUT2D eigenvalue weighted by molar-refractivity contribution is 5.70. The largest absolute Gasteiger partial charge is 0.508 e. The number of carbonyl (C=O) groups is 1. The van der Waals surface area contributed by atoms with Crippen LogP contribution in [0, 0.1) is 11.7 Å². The Morgan fingerprint density at radius 3 is 2.88 bits per heavy atom. The molecule has 0 aromatic heterocycles. The van der Waals surface area contributed by atoms with Crippen LogP contribution in [-0.2, 0) is 4.79 Å². The van der Waals surface area contributed by atoms with Gasteiger partial charge in [0.1, 0.15) is 11.6 Å². The van der Waals surface area contributed by atoms with Crippen molar-refractivity contribution in [3.8, 4) is 5.75 Å². The second-order valence-corrected chi connectivity index (χ2v) is 3.93. The van der Waals surface area contributed by atoms with Gasteiger partial charge in [0.15, 0.2) is 0 Å². The number of carboxylic acids is 1. The first-order valence-electron chi connectivity index (χ1n) is 5.02. The van der Waals surface area contributed by atoms with Gasteiger partial charge in [-0.05, 0) is 24.6 Å². The molecule has 1 aromatic rings. The van der Waals surface area contributed by atoms with E-state index in [-0.39, 0.29) is 11.8 Å². The number of nitrogens with one attached hydrogen (secondary N) is 1. The van der Waals surface area contributed by atoms with E-state index in [0.717, 1.165) is 0 Å². The first kappa shape index (κ1) is 10.9. The Bertz CT molecular complexity index is 422. The van der Waals surface area contributed by atoms with Crippen molar-refractivity contribution in [1.82, 2.24) is 5.32 Å². The van der Waals surface area contributed by atoms with Gasteiger partial charge in [0.2, 0.25) is 0 Å². The molecule has 0 bridgehead atoms. The summed E-state index contributed by atoms with van der Waals surface area (Å²) in [7, 11) is 0. The van der Waals surface area contributed by atoms with E-state index in [1.54, 1.807) is 0 Å². The summed E-state index contributed by atoms with van der Waals surface area (Å²) in [5.41, 5.74) is 0.420. The molecule has 4 nitrogen and oxygen atoms in total. The Kier molecular flexibility index (Phi) is 2.78. The minimum atomic E-state index is -0.870. The molecule has 1 saturated heterocycles. The first-order valence-corrected chi connectivity index (χ1v) is 5.02. The number of phenols is 1. The number of carboxylic acid groups (broad SMARTS) is 1. The minimum Gasteiger partial charge on any atom is -0.508 e. The highest BCUT2D eigenvalue weighted by Gasteiger charge is 2.31. The third kappa shape index (κ3) is 1.99. The average molecular weight is 225 g/mol. The number of aromatic hydroxyl groups is 1. The van der Waals surface area contributed by atoms with Crippen LogP contribution in [-0.4, -0.2) is 22.7 Å². The van der Waals surface area contributed by atoms with E-state index in [1.807, 2.05) is 0 Å². The Morgan fingerprint density at radius 1 is 1.50 bits per heavy atom. The van der Waals surface area contributed by atoms with Gasteiger partial charge in [-0.1, -0.05) is 0 Å². The van der Waals surface area contributed by atoms with Crippen LogP contribution >= 0.6 is 0 Å². The van der Waals surface area contributed by atoms with Crippen LogP contribution in [0.4, 0.5) is 4.39 Å². The zero-order valence-corrected chi connectivity index (χ0v) is 8.48. The predicted molar refractivity (Wildman–Crippen MR) is 54.6 cm³/mol. The standard InChI is InChI=1S/C11H12FNO3/c12-7-1-2-10(14)8(4-7)9-3-6(5-13-9)11(15)16/h1-2,4,6,9,13-14H,3,5H2,(H,15,16). The quantitative estimate of drug-likeness (QED) is 0.708. The zero-order valence-electron chi connectivity index (χ0n) is 8.48. The van der Waals surface area contributed by atoms with Gasteiger partial charge < -0.3 is 15.5 Å². The number of benzene rings is 1. The van der Waals surface area contributed by atoms with Crippen molar-refractivity contribution in [3.63, 3.8) is 0 Å². The lowest BCUT2D eigenvalue weighted by Crippen LogP contribution is -2.17. The molecule has 5 heteroatoms. The fraction of sp³-hybridized carbons (Fsp3) is 0.364. The molecule has 2 rings (SSSR count). The molecule has 0 radical (unpaired) electrons. The normalized spacial score (nSPS) is 24.6. The van der Waals surface area contributed by atoms with Gasteiger partial charge in [-0.2, -0.15) is 0 Å². The number of aliphatic carboxylic acids is 1. The fourth-order valence-corrected chi connectivity index (χ4v) is 1.97. The SMILES string of the molecule is O=C(O)C1CNC(c2cc(F)ccc2O)C1. The van der Waals surface area contributed by atoms with Gasteiger partial charge in [0, 0.05) is 18.2 Å². The molecule has 0 saturated carbocycles. The smallest absolute Gasteiger partial charge is 0.307 e. The third-order valence-corrected chi connectivity index (χ3v) is 2.85. The summed E-state index contributed by atoms with van der Waals surface area (Å²) in [5.74, 6) is -1.79. The number of phenolic OH excluding ortho intramolecular Hbond substituents is 1. The van der Waals surface area contributed by atoms with E-state index in [2.05, 4.69) is 5.32 Å². The van der Waals surface area contributed by atoms with Crippen molar-refractivity contribution in [2.24, 2.45) is 5.92 Å². The van der Waals surface area contributed by atoms with Gasteiger partial charge in [-0.25, -0.2) is 4.39 Å². The molecule has 0 aliphatic carbocycles. The van der Waals surface area contributed by atoms with E-state index in [9.17, 15) is 14.3 Å². The molecule has 1 aromatic carbocycles. The van der Waals surface area contributed by atoms with Crippen molar-refractivity contribution in [2.75, 3.05) is 6.54 Å². The van der Waals surface area contributed by atoms with Gasteiger partial charge in [-0.15, -0.1) is 0 Å². The topological polar surface area (TPSA) is 69.6 Å². The third-order valence-electron chi connectivity index (χ3n) is 2.85. The molecule has 1 fully saturated rings. The molecule has 1 aliphatic rings. The Hall–Kier alpha value is -1.62. The maximum atomic E-state index is 13.0. The van der Waals surface area contributed by atoms with Crippen molar-refractivity contribution in [2.45, 2.75) is 12.5 Å². The van der Waals surface area contributed by atoms with Crippen LogP contribution in [0.25, 0.3) is 0 Å². The van der Waals surface area contributed by atoms with Crippen LogP contribution in [0.3, 0.4) is 0 Å². The molecule has 2 unspecified atom stereocenters. The zero-order chi connectivity index (χ0) is 11.7. The Morgan fingerprint density at radius 2 is 2.25 bits per heavy atom. The molecule has 1 aliphatic heterocycles. The molecule has 3 N–H and O–H groups in total. The fourth-order valence-electron chi connectivity index (χ4n) is 1.97. The molecule has 1 heterocycles. The predicted octanol–water partition coefficient (Wildman–Crippen LogP) is 1.27. The maximum absolute atomic E-state index is 13.0. The second-order valence-electron chi connectivity index (χ2n) is 3.93. The summed E-state index contributed by atoms with van der Waals surface area (Å²) in [6, 6.07) is 3.39. The monoisotopic (exact) mass is 225 g/mol. The molecular formula is C11H12FNO3. The van der Waals surface area contributed by atoms with E-state index in [4.69, 9.17) is 5.11 Å². The molecule has 0 spiro atoms. The van der Waals surface area contributed by atoms with Crippen LogP contribution < -0.4 is 5.32 Å². The number of hydrogen-bond donors (Lipinski definition) is 3. The lowest BCUT2D eigenvalue weighted by atomic mass is 9.99. The highest BCUT2D eigenvalue weighted by atomic mass is 19.1. The molecule has 0 amide bonds. The summed E-state index contributed by atoms with van der Waals surface area (Å²) < 4.78 is 13.0. The molecular weight excluding hydrogens is 213 g/mol. The summed E-state index contributed by atoms with van der Waals surface area (Å²) in [6.07, 6.45) is 0.367. The van der Waals surface area contributed by atoms with Crippen LogP contribution in [0.15, 0.2) is 18.2 Å². The van der Waals surface area contributed by atoms with Crippen molar-refractivity contribution < 1.29 is 19.4 Å². The van der Waals surface area contributed by atoms with Crippen LogP contribution in [0.2, 0.25) is 0 Å². The van der Waals surface area contributed by atoms with Gasteiger partial charge in [0.05, 0.1) is 5.92 Å². The average Bonchev–Trinajstić information content (AvgIpc) is 2.70. The van der Waals surface area contributed by atoms with E-state index < -0.39 is 17.7 Å². The molecule has 2 atom stereocenters. The van der Waals surface area contributed by atoms with Crippen molar-refractivity contribution in [1.29, 1.82) is 0 Å². The summed E-state index contributed by atoms with van der Waals surface area (Å²) in [5, 5.41) is 21.4. The van der Waals surface area contributed by atoms with Crippen molar-refractivity contribution in [3.05, 3.63) is 29.6 Å². The van der Waals surface area contributed by atoms with E-state index >= 15 is 0 Å². The summed E-state index contributed by atoms with van der Waals surface area (Å²) in [6.45, 7) is 0.343. The first-order chi connectivity index (χ1) is 7.58. The highest BCUT2D eigenvalue weighted by Crippen LogP contribution is 2.32. The lowest BCUT2D eigenvalue weighted by Gasteiger charge is -2.12. The molecule has 16 heavy (non-hydrogen) atoms. The Balaban J connectivity index is 2.20. The van der Waals surface area contributed by atoms with E-state index in [1.165, 1.54) is 18.2 Å². The number of rotatable bonds is 2. The second kappa shape index (κ2) is 4.09.